The van der Waals surface area contributed by atoms with Crippen LogP contribution in [0.4, 0.5) is 0 Å². The number of hydrogen-bond donors (Lipinski definition) is 0. The van der Waals surface area contributed by atoms with Crippen molar-refractivity contribution in [1.29, 1.82) is 0 Å². The van der Waals surface area contributed by atoms with E-state index < -0.39 is 5.79 Å². The number of halogens is 1. The summed E-state index contributed by atoms with van der Waals surface area (Å²) in [6.07, 6.45) is 3.58. The number of fused-ring (bicyclic) bond motifs is 2. The van der Waals surface area contributed by atoms with Crippen LogP contribution in [0.15, 0.2) is 12.7 Å². The minimum atomic E-state index is -0.568. The van der Waals surface area contributed by atoms with Crippen LogP contribution in [0.5, 0.6) is 0 Å². The van der Waals surface area contributed by atoms with Crippen molar-refractivity contribution in [3.63, 3.8) is 0 Å². The third kappa shape index (κ3) is 2.20. The number of hydrogen-bond acceptors (Lipinski definition) is 6. The number of nitrogens with zero attached hydrogens (tertiary/aromatic N) is 4. The maximum atomic E-state index is 6.02. The zero-order chi connectivity index (χ0) is 14.6. The number of aromatic nitrogens is 4. The molecule has 2 fully saturated rings. The molecule has 2 saturated heterocycles. The molecular formula is C13H15ClN4O3. The lowest BCUT2D eigenvalue weighted by Gasteiger charge is -2.36. The summed E-state index contributed by atoms with van der Waals surface area (Å²) in [6.45, 7) is 4.35. The van der Waals surface area contributed by atoms with Crippen LogP contribution >= 0.6 is 11.6 Å². The Kier molecular flexibility index (Phi) is 2.94. The molecule has 4 heterocycles. The fourth-order valence-corrected chi connectivity index (χ4v) is 3.04. The second kappa shape index (κ2) is 4.61. The van der Waals surface area contributed by atoms with Gasteiger partial charge in [0.25, 0.3) is 0 Å². The highest BCUT2D eigenvalue weighted by Crippen LogP contribution is 2.38. The second-order valence-electron chi connectivity index (χ2n) is 5.72. The van der Waals surface area contributed by atoms with Crippen LogP contribution in [0.3, 0.4) is 0 Å². The molecule has 2 aromatic rings. The van der Waals surface area contributed by atoms with Gasteiger partial charge in [-0.05, 0) is 13.8 Å². The van der Waals surface area contributed by atoms with Crippen molar-refractivity contribution in [3.05, 3.63) is 17.8 Å². The van der Waals surface area contributed by atoms with Gasteiger partial charge < -0.3 is 14.2 Å². The molecule has 112 valence electrons. The number of imidazole rings is 1. The standard InChI is InChI=1S/C13H15ClN4O3/c1-13(2)19-4-8-7(21-13)3-9(20-8)18-6-17-10-11(14)15-5-16-12(10)18/h5-9H,3-4H2,1-2H3/t7-,8-,9-/m1/s1. The van der Waals surface area contributed by atoms with E-state index in [0.29, 0.717) is 22.9 Å². The van der Waals surface area contributed by atoms with E-state index in [1.807, 2.05) is 18.4 Å². The molecule has 2 aromatic heterocycles. The smallest absolute Gasteiger partial charge is 0.166 e. The van der Waals surface area contributed by atoms with Gasteiger partial charge >= 0.3 is 0 Å². The van der Waals surface area contributed by atoms with Gasteiger partial charge in [-0.1, -0.05) is 11.6 Å². The van der Waals surface area contributed by atoms with Crippen LogP contribution in [-0.2, 0) is 14.2 Å². The average Bonchev–Trinajstić information content (AvgIpc) is 3.01. The zero-order valence-corrected chi connectivity index (χ0v) is 12.4. The Bertz CT molecular complexity index is 689. The molecule has 0 radical (unpaired) electrons. The van der Waals surface area contributed by atoms with Crippen LogP contribution in [0.1, 0.15) is 26.5 Å². The highest BCUT2D eigenvalue weighted by molar-refractivity contribution is 6.33. The molecule has 7 nitrogen and oxygen atoms in total. The van der Waals surface area contributed by atoms with Crippen LogP contribution in [-0.4, -0.2) is 44.1 Å². The molecule has 0 amide bonds. The molecule has 0 aliphatic carbocycles. The van der Waals surface area contributed by atoms with E-state index in [1.165, 1.54) is 6.33 Å². The van der Waals surface area contributed by atoms with E-state index in [4.69, 9.17) is 25.8 Å². The maximum absolute atomic E-state index is 6.02. The normalized spacial score (nSPS) is 31.5. The van der Waals surface area contributed by atoms with Crippen molar-refractivity contribution in [2.45, 2.75) is 44.5 Å². The summed E-state index contributed by atoms with van der Waals surface area (Å²) < 4.78 is 19.4. The summed E-state index contributed by atoms with van der Waals surface area (Å²) in [6, 6.07) is 0. The van der Waals surface area contributed by atoms with E-state index >= 15 is 0 Å². The van der Waals surface area contributed by atoms with Crippen LogP contribution in [0.2, 0.25) is 5.15 Å². The van der Waals surface area contributed by atoms with Gasteiger partial charge in [0.05, 0.1) is 19.0 Å². The second-order valence-corrected chi connectivity index (χ2v) is 6.08. The zero-order valence-electron chi connectivity index (χ0n) is 11.7. The molecule has 4 rings (SSSR count). The van der Waals surface area contributed by atoms with Gasteiger partial charge in [-0.15, -0.1) is 0 Å². The molecule has 0 N–H and O–H groups in total. The Hall–Kier alpha value is -1.28. The molecule has 0 bridgehead atoms. The first-order valence-electron chi connectivity index (χ1n) is 6.84. The van der Waals surface area contributed by atoms with Crippen molar-refractivity contribution in [3.8, 4) is 0 Å². The minimum Gasteiger partial charge on any atom is -0.349 e. The molecule has 2 aliphatic heterocycles. The SMILES string of the molecule is CC1(C)OC[C@H]2O[C@@H](n3cnc4c(Cl)ncnc43)C[C@H]2O1. The van der Waals surface area contributed by atoms with Gasteiger partial charge in [0, 0.05) is 6.42 Å². The quantitative estimate of drug-likeness (QED) is 0.749. The van der Waals surface area contributed by atoms with Crippen molar-refractivity contribution in [2.75, 3.05) is 6.61 Å². The van der Waals surface area contributed by atoms with Crippen molar-refractivity contribution < 1.29 is 14.2 Å². The van der Waals surface area contributed by atoms with E-state index in [-0.39, 0.29) is 18.4 Å². The van der Waals surface area contributed by atoms with Gasteiger partial charge in [-0.2, -0.15) is 0 Å². The third-order valence-corrected chi connectivity index (χ3v) is 4.11. The lowest BCUT2D eigenvalue weighted by Crippen LogP contribution is -2.46. The van der Waals surface area contributed by atoms with Gasteiger partial charge in [0.15, 0.2) is 16.6 Å². The Morgan fingerprint density at radius 3 is 3.00 bits per heavy atom. The number of rotatable bonds is 1. The molecule has 0 unspecified atom stereocenters. The molecule has 0 saturated carbocycles. The fourth-order valence-electron chi connectivity index (χ4n) is 2.86. The highest BCUT2D eigenvalue weighted by atomic mass is 35.5. The first kappa shape index (κ1) is 13.4. The van der Waals surface area contributed by atoms with Gasteiger partial charge in [-0.25, -0.2) is 15.0 Å². The molecule has 0 spiro atoms. The van der Waals surface area contributed by atoms with E-state index in [1.54, 1.807) is 6.33 Å². The Morgan fingerprint density at radius 1 is 1.29 bits per heavy atom. The predicted molar refractivity (Wildman–Crippen MR) is 73.8 cm³/mol. The van der Waals surface area contributed by atoms with Crippen LogP contribution < -0.4 is 0 Å². The Balaban J connectivity index is 1.64. The summed E-state index contributed by atoms with van der Waals surface area (Å²) in [5.74, 6) is -0.568. The monoisotopic (exact) mass is 310 g/mol. The van der Waals surface area contributed by atoms with Crippen molar-refractivity contribution in [1.82, 2.24) is 19.5 Å². The van der Waals surface area contributed by atoms with Gasteiger partial charge in [0.2, 0.25) is 0 Å². The lowest BCUT2D eigenvalue weighted by molar-refractivity contribution is -0.293. The van der Waals surface area contributed by atoms with E-state index in [2.05, 4.69) is 15.0 Å². The molecule has 21 heavy (non-hydrogen) atoms. The fraction of sp³-hybridized carbons (Fsp3) is 0.615. The third-order valence-electron chi connectivity index (χ3n) is 3.84. The first-order chi connectivity index (χ1) is 10.0. The average molecular weight is 311 g/mol. The minimum absolute atomic E-state index is 0.00788. The first-order valence-corrected chi connectivity index (χ1v) is 7.21. The summed E-state index contributed by atoms with van der Waals surface area (Å²) in [4.78, 5) is 12.4. The summed E-state index contributed by atoms with van der Waals surface area (Å²) in [7, 11) is 0. The molecule has 8 heteroatoms. The van der Waals surface area contributed by atoms with E-state index in [9.17, 15) is 0 Å². The molecule has 2 aliphatic rings. The van der Waals surface area contributed by atoms with Crippen molar-refractivity contribution in [2.24, 2.45) is 0 Å². The summed E-state index contributed by atoms with van der Waals surface area (Å²) in [5.41, 5.74) is 1.24. The van der Waals surface area contributed by atoms with Gasteiger partial charge in [0.1, 0.15) is 24.2 Å². The molecule has 0 aromatic carbocycles. The van der Waals surface area contributed by atoms with Crippen molar-refractivity contribution >= 4 is 22.8 Å². The molecule has 3 atom stereocenters. The maximum Gasteiger partial charge on any atom is 0.166 e. The lowest BCUT2D eigenvalue weighted by atomic mass is 10.1. The highest BCUT2D eigenvalue weighted by Gasteiger charge is 2.45. The van der Waals surface area contributed by atoms with Crippen LogP contribution in [0, 0.1) is 0 Å². The summed E-state index contributed by atoms with van der Waals surface area (Å²) >= 11 is 6.02. The molecular weight excluding hydrogens is 296 g/mol. The Labute approximate surface area is 126 Å². The largest absolute Gasteiger partial charge is 0.349 e. The summed E-state index contributed by atoms with van der Waals surface area (Å²) in [5, 5.41) is 0.342. The van der Waals surface area contributed by atoms with E-state index in [0.717, 1.165) is 6.42 Å². The topological polar surface area (TPSA) is 71.3 Å². The Morgan fingerprint density at radius 2 is 2.14 bits per heavy atom. The van der Waals surface area contributed by atoms with Gasteiger partial charge in [-0.3, -0.25) is 4.57 Å². The number of ether oxygens (including phenoxy) is 3. The van der Waals surface area contributed by atoms with Crippen LogP contribution in [0.25, 0.3) is 11.2 Å². The predicted octanol–water partition coefficient (Wildman–Crippen LogP) is 1.92.